The van der Waals surface area contributed by atoms with Gasteiger partial charge in [0.1, 0.15) is 5.75 Å². The van der Waals surface area contributed by atoms with E-state index in [0.717, 1.165) is 16.3 Å². The number of nitrogens with zero attached hydrogens (tertiary/aromatic N) is 1. The molecule has 0 N–H and O–H groups in total. The van der Waals surface area contributed by atoms with Crippen molar-refractivity contribution in [3.63, 3.8) is 0 Å². The van der Waals surface area contributed by atoms with Gasteiger partial charge in [-0.05, 0) is 28.5 Å². The van der Waals surface area contributed by atoms with Crippen LogP contribution < -0.4 is 4.74 Å². The summed E-state index contributed by atoms with van der Waals surface area (Å²) in [5.74, 6) is 0.109. The van der Waals surface area contributed by atoms with E-state index in [4.69, 9.17) is 5.26 Å². The lowest BCUT2D eigenvalue weighted by Crippen LogP contribution is -2.01. The first kappa shape index (κ1) is 11.3. The van der Waals surface area contributed by atoms with E-state index >= 15 is 0 Å². The van der Waals surface area contributed by atoms with Crippen molar-refractivity contribution in [1.29, 1.82) is 5.26 Å². The van der Waals surface area contributed by atoms with Crippen LogP contribution in [-0.2, 0) is 6.42 Å². The van der Waals surface area contributed by atoms with Gasteiger partial charge in [0.25, 0.3) is 0 Å². The lowest BCUT2D eigenvalue weighted by molar-refractivity contribution is -0.0497. The number of ether oxygens (including phenoxy) is 1. The van der Waals surface area contributed by atoms with E-state index in [2.05, 4.69) is 4.74 Å². The molecule has 0 fully saturated rings. The number of rotatable bonds is 3. The number of hydrogen-bond donors (Lipinski definition) is 0. The third-order valence-corrected chi connectivity index (χ3v) is 2.44. The minimum absolute atomic E-state index is 0.109. The molecule has 0 heterocycles. The number of hydrogen-bond acceptors (Lipinski definition) is 2. The van der Waals surface area contributed by atoms with Crippen molar-refractivity contribution >= 4 is 10.8 Å². The summed E-state index contributed by atoms with van der Waals surface area (Å²) in [7, 11) is 0. The molecule has 2 aromatic carbocycles. The Morgan fingerprint density at radius 3 is 2.76 bits per heavy atom. The van der Waals surface area contributed by atoms with E-state index in [1.165, 1.54) is 12.1 Å². The summed E-state index contributed by atoms with van der Waals surface area (Å²) in [6, 6.07) is 12.3. The Bertz CT molecular complexity index is 575. The summed E-state index contributed by atoms with van der Waals surface area (Å²) in [5, 5.41) is 10.4. The molecule has 0 saturated heterocycles. The average molecular weight is 233 g/mol. The Labute approximate surface area is 97.0 Å². The molecule has 2 nitrogen and oxygen atoms in total. The third kappa shape index (κ3) is 2.51. The van der Waals surface area contributed by atoms with Crippen LogP contribution in [0.3, 0.4) is 0 Å². The van der Waals surface area contributed by atoms with Gasteiger partial charge in [-0.2, -0.15) is 14.0 Å². The van der Waals surface area contributed by atoms with E-state index in [1.807, 2.05) is 18.2 Å². The van der Waals surface area contributed by atoms with Gasteiger partial charge in [-0.1, -0.05) is 24.3 Å². The van der Waals surface area contributed by atoms with Gasteiger partial charge in [0, 0.05) is 0 Å². The number of fused-ring (bicyclic) bond motifs is 1. The van der Waals surface area contributed by atoms with Crippen molar-refractivity contribution in [1.82, 2.24) is 0 Å². The maximum absolute atomic E-state index is 12.1. The normalized spacial score (nSPS) is 10.5. The largest absolute Gasteiger partial charge is 0.435 e. The number of halogens is 2. The summed E-state index contributed by atoms with van der Waals surface area (Å²) in [5.41, 5.74) is 0.810. The monoisotopic (exact) mass is 233 g/mol. The molecule has 0 aliphatic carbocycles. The van der Waals surface area contributed by atoms with Crippen LogP contribution in [0.5, 0.6) is 5.75 Å². The molecule has 2 rings (SSSR count). The molecule has 0 aliphatic rings. The zero-order valence-corrected chi connectivity index (χ0v) is 8.86. The summed E-state index contributed by atoms with van der Waals surface area (Å²) in [6.07, 6.45) is 0.246. The van der Waals surface area contributed by atoms with E-state index in [0.29, 0.717) is 0 Å². The van der Waals surface area contributed by atoms with E-state index < -0.39 is 6.61 Å². The van der Waals surface area contributed by atoms with Crippen LogP contribution in [0.4, 0.5) is 8.78 Å². The van der Waals surface area contributed by atoms with Crippen molar-refractivity contribution in [3.8, 4) is 11.8 Å². The van der Waals surface area contributed by atoms with E-state index in [-0.39, 0.29) is 12.2 Å². The van der Waals surface area contributed by atoms with Crippen LogP contribution >= 0.6 is 0 Å². The molecule has 0 saturated carbocycles. The van der Waals surface area contributed by atoms with Crippen LogP contribution in [-0.4, -0.2) is 6.61 Å². The van der Waals surface area contributed by atoms with Gasteiger partial charge in [-0.3, -0.25) is 0 Å². The fourth-order valence-electron chi connectivity index (χ4n) is 1.73. The van der Waals surface area contributed by atoms with Gasteiger partial charge in [-0.15, -0.1) is 0 Å². The molecular weight excluding hydrogens is 224 g/mol. The lowest BCUT2D eigenvalue weighted by Gasteiger charge is -2.07. The van der Waals surface area contributed by atoms with Crippen LogP contribution in [0.15, 0.2) is 36.4 Å². The molecular formula is C13H9F2NO. The average Bonchev–Trinajstić information content (AvgIpc) is 2.29. The first-order chi connectivity index (χ1) is 8.20. The topological polar surface area (TPSA) is 33.0 Å². The maximum Gasteiger partial charge on any atom is 0.387 e. The predicted molar refractivity (Wildman–Crippen MR) is 59.9 cm³/mol. The van der Waals surface area contributed by atoms with E-state index in [1.54, 1.807) is 12.1 Å². The number of nitriles is 1. The molecule has 0 radical (unpaired) electrons. The zero-order valence-electron chi connectivity index (χ0n) is 8.86. The molecule has 2 aromatic rings. The lowest BCUT2D eigenvalue weighted by atomic mass is 10.0. The van der Waals surface area contributed by atoms with Crippen molar-refractivity contribution in [2.24, 2.45) is 0 Å². The standard InChI is InChI=1S/C13H9F2NO/c14-13(15)17-11-5-4-9-2-1-3-10(6-7-16)12(9)8-11/h1-5,8,13H,6H2. The smallest absolute Gasteiger partial charge is 0.387 e. The highest BCUT2D eigenvalue weighted by molar-refractivity contribution is 5.87. The van der Waals surface area contributed by atoms with Crippen molar-refractivity contribution < 1.29 is 13.5 Å². The van der Waals surface area contributed by atoms with Crippen LogP contribution in [0.25, 0.3) is 10.8 Å². The number of benzene rings is 2. The molecule has 86 valence electrons. The first-order valence-electron chi connectivity index (χ1n) is 5.04. The highest BCUT2D eigenvalue weighted by Crippen LogP contribution is 2.25. The Kier molecular flexibility index (Phi) is 3.20. The van der Waals surface area contributed by atoms with Crippen molar-refractivity contribution in [3.05, 3.63) is 42.0 Å². The van der Waals surface area contributed by atoms with Crippen LogP contribution in [0.1, 0.15) is 5.56 Å². The Hall–Kier alpha value is -2.15. The Morgan fingerprint density at radius 2 is 2.06 bits per heavy atom. The van der Waals surface area contributed by atoms with Gasteiger partial charge in [-0.25, -0.2) is 0 Å². The molecule has 0 aromatic heterocycles. The highest BCUT2D eigenvalue weighted by atomic mass is 19.3. The molecule has 0 atom stereocenters. The Balaban J connectivity index is 2.50. The summed E-state index contributed by atoms with van der Waals surface area (Å²) >= 11 is 0. The van der Waals surface area contributed by atoms with Gasteiger partial charge in [0.05, 0.1) is 12.5 Å². The fraction of sp³-hybridized carbons (Fsp3) is 0.154. The van der Waals surface area contributed by atoms with Gasteiger partial charge < -0.3 is 4.74 Å². The first-order valence-corrected chi connectivity index (χ1v) is 5.04. The molecule has 0 spiro atoms. The highest BCUT2D eigenvalue weighted by Gasteiger charge is 2.06. The van der Waals surface area contributed by atoms with Crippen molar-refractivity contribution in [2.45, 2.75) is 13.0 Å². The van der Waals surface area contributed by atoms with Gasteiger partial charge in [0.2, 0.25) is 0 Å². The summed E-state index contributed by atoms with van der Waals surface area (Å²) in [6.45, 7) is -2.84. The summed E-state index contributed by atoms with van der Waals surface area (Å²) < 4.78 is 28.5. The van der Waals surface area contributed by atoms with Gasteiger partial charge >= 0.3 is 6.61 Å². The second-order valence-electron chi connectivity index (χ2n) is 3.51. The van der Waals surface area contributed by atoms with Crippen LogP contribution in [0, 0.1) is 11.3 Å². The SMILES string of the molecule is N#CCc1cccc2ccc(OC(F)F)cc12. The second-order valence-corrected chi connectivity index (χ2v) is 3.51. The molecule has 0 unspecified atom stereocenters. The van der Waals surface area contributed by atoms with Crippen molar-refractivity contribution in [2.75, 3.05) is 0 Å². The molecule has 0 bridgehead atoms. The van der Waals surface area contributed by atoms with Crippen LogP contribution in [0.2, 0.25) is 0 Å². The molecule has 0 amide bonds. The number of alkyl halides is 2. The minimum atomic E-state index is -2.84. The molecule has 4 heteroatoms. The Morgan fingerprint density at radius 1 is 1.24 bits per heavy atom. The minimum Gasteiger partial charge on any atom is -0.435 e. The fourth-order valence-corrected chi connectivity index (χ4v) is 1.73. The van der Waals surface area contributed by atoms with Gasteiger partial charge in [0.15, 0.2) is 0 Å². The quantitative estimate of drug-likeness (QED) is 0.812. The summed E-state index contributed by atoms with van der Waals surface area (Å²) in [4.78, 5) is 0. The molecule has 17 heavy (non-hydrogen) atoms. The predicted octanol–water partition coefficient (Wildman–Crippen LogP) is 3.51. The molecule has 0 aliphatic heterocycles. The van der Waals surface area contributed by atoms with E-state index in [9.17, 15) is 8.78 Å². The third-order valence-electron chi connectivity index (χ3n) is 2.44. The maximum atomic E-state index is 12.1. The second kappa shape index (κ2) is 4.79. The zero-order chi connectivity index (χ0) is 12.3.